The van der Waals surface area contributed by atoms with Crippen LogP contribution < -0.4 is 5.43 Å². The molecule has 20 heavy (non-hydrogen) atoms. The van der Waals surface area contributed by atoms with Gasteiger partial charge in [-0.25, -0.2) is 5.43 Å². The van der Waals surface area contributed by atoms with Gasteiger partial charge in [0.25, 0.3) is 5.91 Å². The SMILES string of the molecule is C/C(=N/NC(=O)CN1CCCCC1)c1ccc(Cl)cc1. The number of carbonyl (C=O) groups is 1. The average Bonchev–Trinajstić information content (AvgIpc) is 2.46. The summed E-state index contributed by atoms with van der Waals surface area (Å²) >= 11 is 5.84. The number of nitrogens with one attached hydrogen (secondary N) is 1. The maximum absolute atomic E-state index is 11.8. The summed E-state index contributed by atoms with van der Waals surface area (Å²) in [5.74, 6) is -0.0554. The van der Waals surface area contributed by atoms with Crippen molar-refractivity contribution in [2.75, 3.05) is 19.6 Å². The molecular formula is C15H20ClN3O. The van der Waals surface area contributed by atoms with E-state index in [4.69, 9.17) is 11.6 Å². The fraction of sp³-hybridized carbons (Fsp3) is 0.467. The van der Waals surface area contributed by atoms with E-state index < -0.39 is 0 Å². The number of carbonyl (C=O) groups excluding carboxylic acids is 1. The first-order chi connectivity index (χ1) is 9.65. The fourth-order valence-electron chi connectivity index (χ4n) is 2.26. The highest BCUT2D eigenvalue weighted by molar-refractivity contribution is 6.30. The lowest BCUT2D eigenvalue weighted by Crippen LogP contribution is -2.38. The Hall–Kier alpha value is -1.39. The average molecular weight is 294 g/mol. The minimum atomic E-state index is -0.0554. The molecule has 0 atom stereocenters. The van der Waals surface area contributed by atoms with Crippen molar-refractivity contribution in [3.05, 3.63) is 34.9 Å². The Kier molecular flexibility index (Phi) is 5.56. The lowest BCUT2D eigenvalue weighted by Gasteiger charge is -2.25. The van der Waals surface area contributed by atoms with Crippen molar-refractivity contribution in [1.29, 1.82) is 0 Å². The molecule has 108 valence electrons. The Bertz CT molecular complexity index is 478. The maximum Gasteiger partial charge on any atom is 0.254 e. The van der Waals surface area contributed by atoms with Crippen LogP contribution in [0.25, 0.3) is 0 Å². The van der Waals surface area contributed by atoms with Crippen molar-refractivity contribution in [3.63, 3.8) is 0 Å². The predicted molar refractivity (Wildman–Crippen MR) is 82.1 cm³/mol. The van der Waals surface area contributed by atoms with Gasteiger partial charge in [0.05, 0.1) is 12.3 Å². The zero-order valence-electron chi connectivity index (χ0n) is 11.7. The molecule has 1 heterocycles. The Balaban J connectivity index is 1.84. The van der Waals surface area contributed by atoms with Crippen molar-refractivity contribution in [3.8, 4) is 0 Å². The topological polar surface area (TPSA) is 44.7 Å². The third-order valence-electron chi connectivity index (χ3n) is 3.43. The molecule has 4 nitrogen and oxygen atoms in total. The molecule has 1 N–H and O–H groups in total. The quantitative estimate of drug-likeness (QED) is 0.685. The first kappa shape index (κ1) is 15.0. The summed E-state index contributed by atoms with van der Waals surface area (Å²) in [5, 5.41) is 4.83. The minimum absolute atomic E-state index is 0.0554. The van der Waals surface area contributed by atoms with Crippen molar-refractivity contribution in [2.24, 2.45) is 5.10 Å². The summed E-state index contributed by atoms with van der Waals surface area (Å²) in [6.07, 6.45) is 3.63. The van der Waals surface area contributed by atoms with Gasteiger partial charge in [-0.1, -0.05) is 30.2 Å². The van der Waals surface area contributed by atoms with E-state index in [0.717, 1.165) is 24.4 Å². The molecule has 1 amide bonds. The standard InChI is InChI=1S/C15H20ClN3O/c1-12(13-5-7-14(16)8-6-13)17-18-15(20)11-19-9-3-2-4-10-19/h5-8H,2-4,9-11H2,1H3,(H,18,20)/b17-12-. The molecule has 0 radical (unpaired) electrons. The molecule has 1 aliphatic heterocycles. The van der Waals surface area contributed by atoms with Gasteiger partial charge in [-0.2, -0.15) is 5.10 Å². The number of hydrazone groups is 1. The molecule has 1 aliphatic rings. The zero-order valence-corrected chi connectivity index (χ0v) is 12.5. The van der Waals surface area contributed by atoms with Crippen molar-refractivity contribution < 1.29 is 4.79 Å². The third-order valence-corrected chi connectivity index (χ3v) is 3.68. The van der Waals surface area contributed by atoms with Gasteiger partial charge in [0.15, 0.2) is 0 Å². The van der Waals surface area contributed by atoms with E-state index in [0.29, 0.717) is 11.6 Å². The number of halogens is 1. The second kappa shape index (κ2) is 7.41. The normalized spacial score (nSPS) is 17.0. The molecule has 0 saturated carbocycles. The Morgan fingerprint density at radius 3 is 2.55 bits per heavy atom. The number of nitrogens with zero attached hydrogens (tertiary/aromatic N) is 2. The summed E-state index contributed by atoms with van der Waals surface area (Å²) in [7, 11) is 0. The molecule has 1 fully saturated rings. The Morgan fingerprint density at radius 2 is 1.90 bits per heavy atom. The highest BCUT2D eigenvalue weighted by Gasteiger charge is 2.13. The molecular weight excluding hydrogens is 274 g/mol. The van der Waals surface area contributed by atoms with E-state index in [1.54, 1.807) is 0 Å². The highest BCUT2D eigenvalue weighted by Crippen LogP contribution is 2.10. The summed E-state index contributed by atoms with van der Waals surface area (Å²) in [4.78, 5) is 14.0. The second-order valence-corrected chi connectivity index (χ2v) is 5.51. The van der Waals surface area contributed by atoms with E-state index in [9.17, 15) is 4.79 Å². The molecule has 2 rings (SSSR count). The van der Waals surface area contributed by atoms with Crippen molar-refractivity contribution >= 4 is 23.2 Å². The summed E-state index contributed by atoms with van der Waals surface area (Å²) in [5.41, 5.74) is 4.34. The molecule has 1 saturated heterocycles. The van der Waals surface area contributed by atoms with Crippen LogP contribution in [-0.4, -0.2) is 36.2 Å². The number of piperidine rings is 1. The largest absolute Gasteiger partial charge is 0.294 e. The monoisotopic (exact) mass is 293 g/mol. The van der Waals surface area contributed by atoms with E-state index >= 15 is 0 Å². The molecule has 5 heteroatoms. The van der Waals surface area contributed by atoms with Gasteiger partial charge in [0.2, 0.25) is 0 Å². The van der Waals surface area contributed by atoms with Gasteiger partial charge in [-0.3, -0.25) is 9.69 Å². The van der Waals surface area contributed by atoms with Crippen LogP contribution in [0.2, 0.25) is 5.02 Å². The summed E-state index contributed by atoms with van der Waals surface area (Å²) < 4.78 is 0. The van der Waals surface area contributed by atoms with Crippen LogP contribution in [0.1, 0.15) is 31.7 Å². The maximum atomic E-state index is 11.8. The lowest BCUT2D eigenvalue weighted by molar-refractivity contribution is -0.122. The Labute approximate surface area is 124 Å². The number of rotatable bonds is 4. The van der Waals surface area contributed by atoms with Gasteiger partial charge >= 0.3 is 0 Å². The first-order valence-corrected chi connectivity index (χ1v) is 7.34. The van der Waals surface area contributed by atoms with Crippen molar-refractivity contribution in [2.45, 2.75) is 26.2 Å². The molecule has 0 aromatic heterocycles. The molecule has 0 unspecified atom stereocenters. The minimum Gasteiger partial charge on any atom is -0.294 e. The van der Waals surface area contributed by atoms with Crippen LogP contribution in [0.3, 0.4) is 0 Å². The number of hydrogen-bond acceptors (Lipinski definition) is 3. The highest BCUT2D eigenvalue weighted by atomic mass is 35.5. The van der Waals surface area contributed by atoms with Crippen LogP contribution in [0, 0.1) is 0 Å². The van der Waals surface area contributed by atoms with Crippen LogP contribution in [0.5, 0.6) is 0 Å². The number of benzene rings is 1. The first-order valence-electron chi connectivity index (χ1n) is 6.96. The number of likely N-dealkylation sites (tertiary alicyclic amines) is 1. The number of hydrogen-bond donors (Lipinski definition) is 1. The molecule has 0 bridgehead atoms. The van der Waals surface area contributed by atoms with Crippen LogP contribution in [-0.2, 0) is 4.79 Å². The fourth-order valence-corrected chi connectivity index (χ4v) is 2.38. The van der Waals surface area contributed by atoms with Crippen LogP contribution in [0.4, 0.5) is 0 Å². The molecule has 0 spiro atoms. The molecule has 1 aromatic rings. The molecule has 1 aromatic carbocycles. The molecule has 0 aliphatic carbocycles. The van der Waals surface area contributed by atoms with Gasteiger partial charge in [-0.05, 0) is 50.6 Å². The summed E-state index contributed by atoms with van der Waals surface area (Å²) in [6, 6.07) is 7.40. The van der Waals surface area contributed by atoms with Crippen LogP contribution in [0.15, 0.2) is 29.4 Å². The Morgan fingerprint density at radius 1 is 1.25 bits per heavy atom. The number of amides is 1. The summed E-state index contributed by atoms with van der Waals surface area (Å²) in [6.45, 7) is 4.31. The zero-order chi connectivity index (χ0) is 14.4. The van der Waals surface area contributed by atoms with Crippen molar-refractivity contribution in [1.82, 2.24) is 10.3 Å². The third kappa shape index (κ3) is 4.62. The van der Waals surface area contributed by atoms with Gasteiger partial charge in [0, 0.05) is 5.02 Å². The van der Waals surface area contributed by atoms with E-state index in [-0.39, 0.29) is 5.91 Å². The van der Waals surface area contributed by atoms with Gasteiger partial charge in [0.1, 0.15) is 0 Å². The van der Waals surface area contributed by atoms with Gasteiger partial charge < -0.3 is 0 Å². The van der Waals surface area contributed by atoms with E-state index in [1.807, 2.05) is 31.2 Å². The van der Waals surface area contributed by atoms with E-state index in [1.165, 1.54) is 19.3 Å². The lowest BCUT2D eigenvalue weighted by atomic mass is 10.1. The van der Waals surface area contributed by atoms with Gasteiger partial charge in [-0.15, -0.1) is 0 Å². The smallest absolute Gasteiger partial charge is 0.254 e. The predicted octanol–water partition coefficient (Wildman–Crippen LogP) is 2.67. The second-order valence-electron chi connectivity index (χ2n) is 5.08. The van der Waals surface area contributed by atoms with Crippen LogP contribution >= 0.6 is 11.6 Å². The van der Waals surface area contributed by atoms with E-state index in [2.05, 4.69) is 15.4 Å².